The van der Waals surface area contributed by atoms with Crippen molar-refractivity contribution in [3.05, 3.63) is 36.0 Å². The Balaban J connectivity index is 1.22. The van der Waals surface area contributed by atoms with Gasteiger partial charge in [0.25, 0.3) is 0 Å². The van der Waals surface area contributed by atoms with E-state index in [0.717, 1.165) is 31.7 Å². The third-order valence-electron chi connectivity index (χ3n) is 7.56. The summed E-state index contributed by atoms with van der Waals surface area (Å²) in [5.74, 6) is 0.833. The Hall–Kier alpha value is -1.36. The molecule has 158 valence electrons. The molecule has 3 aliphatic rings. The van der Waals surface area contributed by atoms with Crippen LogP contribution >= 0.6 is 0 Å². The number of ether oxygens (including phenoxy) is 1. The van der Waals surface area contributed by atoms with Crippen LogP contribution in [-0.4, -0.2) is 59.7 Å². The number of aromatic amines is 1. The molecule has 1 atom stereocenters. The first-order valence-corrected chi connectivity index (χ1v) is 12.0. The van der Waals surface area contributed by atoms with Crippen molar-refractivity contribution in [2.45, 2.75) is 70.1 Å². The summed E-state index contributed by atoms with van der Waals surface area (Å²) in [5.41, 5.74) is 2.69. The molecule has 0 bridgehead atoms. The van der Waals surface area contributed by atoms with Crippen molar-refractivity contribution in [3.63, 3.8) is 0 Å². The van der Waals surface area contributed by atoms with E-state index in [1.54, 1.807) is 0 Å². The van der Waals surface area contributed by atoms with Crippen LogP contribution in [0.3, 0.4) is 0 Å². The Bertz CT molecular complexity index is 767. The summed E-state index contributed by atoms with van der Waals surface area (Å²) >= 11 is 0. The van der Waals surface area contributed by atoms with Gasteiger partial charge in [0, 0.05) is 49.4 Å². The molecule has 29 heavy (non-hydrogen) atoms. The van der Waals surface area contributed by atoms with E-state index in [4.69, 9.17) is 4.74 Å². The normalized spacial score (nSPS) is 24.9. The van der Waals surface area contributed by atoms with Crippen LogP contribution in [0.4, 0.5) is 0 Å². The molecule has 3 fully saturated rings. The number of likely N-dealkylation sites (tertiary alicyclic amines) is 1. The van der Waals surface area contributed by atoms with E-state index in [1.165, 1.54) is 87.5 Å². The Morgan fingerprint density at radius 1 is 0.966 bits per heavy atom. The van der Waals surface area contributed by atoms with Crippen LogP contribution in [0.5, 0.6) is 0 Å². The maximum atomic E-state index is 6.01. The van der Waals surface area contributed by atoms with Crippen molar-refractivity contribution in [2.75, 3.05) is 32.8 Å². The van der Waals surface area contributed by atoms with Crippen LogP contribution in [-0.2, 0) is 11.3 Å². The number of piperidine rings is 1. The fourth-order valence-corrected chi connectivity index (χ4v) is 5.92. The van der Waals surface area contributed by atoms with Gasteiger partial charge in [0.15, 0.2) is 0 Å². The molecule has 0 spiro atoms. The van der Waals surface area contributed by atoms with Crippen LogP contribution in [0.1, 0.15) is 56.9 Å². The molecule has 1 aromatic carbocycles. The fourth-order valence-electron chi connectivity index (χ4n) is 5.92. The summed E-state index contributed by atoms with van der Waals surface area (Å²) in [4.78, 5) is 8.96. The maximum absolute atomic E-state index is 6.01. The number of para-hydroxylation sites is 1. The zero-order valence-electron chi connectivity index (χ0n) is 17.8. The second-order valence-electron chi connectivity index (χ2n) is 9.61. The van der Waals surface area contributed by atoms with Gasteiger partial charge < -0.3 is 14.6 Å². The lowest BCUT2D eigenvalue weighted by Crippen LogP contribution is -2.43. The van der Waals surface area contributed by atoms with E-state index in [1.807, 2.05) is 0 Å². The molecular formula is C25H37N3O. The van der Waals surface area contributed by atoms with Gasteiger partial charge in [-0.05, 0) is 69.2 Å². The van der Waals surface area contributed by atoms with E-state index in [9.17, 15) is 0 Å². The van der Waals surface area contributed by atoms with Crippen LogP contribution in [0.25, 0.3) is 10.9 Å². The summed E-state index contributed by atoms with van der Waals surface area (Å²) in [7, 11) is 0. The average molecular weight is 396 g/mol. The summed E-state index contributed by atoms with van der Waals surface area (Å²) < 4.78 is 6.01. The summed E-state index contributed by atoms with van der Waals surface area (Å²) in [6.45, 7) is 6.92. The molecule has 0 amide bonds. The van der Waals surface area contributed by atoms with Gasteiger partial charge in [0.05, 0.1) is 6.10 Å². The second kappa shape index (κ2) is 9.20. The number of benzene rings is 1. The summed E-state index contributed by atoms with van der Waals surface area (Å²) in [6, 6.07) is 9.60. The quantitative estimate of drug-likeness (QED) is 0.730. The minimum absolute atomic E-state index is 0.429. The number of rotatable bonds is 7. The zero-order chi connectivity index (χ0) is 19.5. The van der Waals surface area contributed by atoms with Gasteiger partial charge in [-0.25, -0.2) is 0 Å². The molecule has 2 aromatic rings. The van der Waals surface area contributed by atoms with Crippen LogP contribution < -0.4 is 0 Å². The van der Waals surface area contributed by atoms with Crippen molar-refractivity contribution in [1.29, 1.82) is 0 Å². The first-order chi connectivity index (χ1) is 14.3. The number of fused-ring (bicyclic) bond motifs is 1. The molecule has 4 heteroatoms. The second-order valence-corrected chi connectivity index (χ2v) is 9.61. The maximum Gasteiger partial charge on any atom is 0.0702 e. The zero-order valence-corrected chi connectivity index (χ0v) is 17.8. The smallest absolute Gasteiger partial charge is 0.0702 e. The van der Waals surface area contributed by atoms with Gasteiger partial charge in [-0.3, -0.25) is 4.90 Å². The SMILES string of the molecule is c1ccc2c(CN(CC3CCN(C4CCCC4)CC3)CC3CCCO3)c[nH]c2c1. The standard InChI is InChI=1S/C25H37N3O/c1-2-7-22(6-1)28-13-11-20(12-14-28)17-27(19-23-8-5-15-29-23)18-21-16-26-25-10-4-3-9-24(21)25/h3-4,9-10,16,20,22-23,26H,1-2,5-8,11-15,17-19H2. The third-order valence-corrected chi connectivity index (χ3v) is 7.56. The Morgan fingerprint density at radius 3 is 2.59 bits per heavy atom. The Kier molecular flexibility index (Phi) is 6.21. The Labute approximate surface area is 175 Å². The molecule has 1 aromatic heterocycles. The topological polar surface area (TPSA) is 31.5 Å². The van der Waals surface area contributed by atoms with Gasteiger partial charge in [0.2, 0.25) is 0 Å². The summed E-state index contributed by atoms with van der Waals surface area (Å²) in [6.07, 6.45) is 13.6. The monoisotopic (exact) mass is 395 g/mol. The fraction of sp³-hybridized carbons (Fsp3) is 0.680. The van der Waals surface area contributed by atoms with E-state index in [-0.39, 0.29) is 0 Å². The van der Waals surface area contributed by atoms with Crippen LogP contribution in [0.2, 0.25) is 0 Å². The number of hydrogen-bond donors (Lipinski definition) is 1. The molecule has 3 heterocycles. The lowest BCUT2D eigenvalue weighted by Gasteiger charge is -2.38. The van der Waals surface area contributed by atoms with Gasteiger partial charge in [-0.15, -0.1) is 0 Å². The highest BCUT2D eigenvalue weighted by atomic mass is 16.5. The highest BCUT2D eigenvalue weighted by molar-refractivity contribution is 5.82. The predicted molar refractivity (Wildman–Crippen MR) is 119 cm³/mol. The van der Waals surface area contributed by atoms with Crippen LogP contribution in [0, 0.1) is 5.92 Å². The molecule has 1 saturated carbocycles. The Morgan fingerprint density at radius 2 is 1.79 bits per heavy atom. The van der Waals surface area contributed by atoms with Crippen molar-refractivity contribution < 1.29 is 4.74 Å². The van der Waals surface area contributed by atoms with Crippen molar-refractivity contribution >= 4 is 10.9 Å². The lowest BCUT2D eigenvalue weighted by atomic mass is 9.94. The number of nitrogens with zero attached hydrogens (tertiary/aromatic N) is 2. The summed E-state index contributed by atoms with van der Waals surface area (Å²) in [5, 5.41) is 1.38. The van der Waals surface area contributed by atoms with Crippen molar-refractivity contribution in [2.24, 2.45) is 5.92 Å². The number of aromatic nitrogens is 1. The first kappa shape index (κ1) is 19.6. The molecule has 2 saturated heterocycles. The predicted octanol–water partition coefficient (Wildman–Crippen LogP) is 4.80. The third kappa shape index (κ3) is 4.70. The minimum Gasteiger partial charge on any atom is -0.377 e. The molecule has 5 rings (SSSR count). The number of H-pyrrole nitrogens is 1. The van der Waals surface area contributed by atoms with Gasteiger partial charge >= 0.3 is 0 Å². The van der Waals surface area contributed by atoms with Gasteiger partial charge in [-0.1, -0.05) is 31.0 Å². The van der Waals surface area contributed by atoms with E-state index < -0.39 is 0 Å². The van der Waals surface area contributed by atoms with E-state index >= 15 is 0 Å². The highest BCUT2D eigenvalue weighted by Crippen LogP contribution is 2.29. The highest BCUT2D eigenvalue weighted by Gasteiger charge is 2.29. The number of hydrogen-bond acceptors (Lipinski definition) is 3. The minimum atomic E-state index is 0.429. The average Bonchev–Trinajstić information content (AvgIpc) is 3.51. The lowest BCUT2D eigenvalue weighted by molar-refractivity contribution is 0.0541. The molecule has 4 nitrogen and oxygen atoms in total. The molecule has 1 N–H and O–H groups in total. The molecule has 2 aliphatic heterocycles. The van der Waals surface area contributed by atoms with E-state index in [0.29, 0.717) is 6.10 Å². The van der Waals surface area contributed by atoms with Crippen LogP contribution in [0.15, 0.2) is 30.5 Å². The molecular weight excluding hydrogens is 358 g/mol. The molecule has 1 unspecified atom stereocenters. The van der Waals surface area contributed by atoms with Crippen molar-refractivity contribution in [1.82, 2.24) is 14.8 Å². The largest absolute Gasteiger partial charge is 0.377 e. The van der Waals surface area contributed by atoms with E-state index in [2.05, 4.69) is 45.2 Å². The van der Waals surface area contributed by atoms with Gasteiger partial charge in [-0.2, -0.15) is 0 Å². The number of nitrogens with one attached hydrogen (secondary N) is 1. The van der Waals surface area contributed by atoms with Crippen molar-refractivity contribution in [3.8, 4) is 0 Å². The molecule has 0 radical (unpaired) electrons. The molecule has 1 aliphatic carbocycles. The van der Waals surface area contributed by atoms with Gasteiger partial charge in [0.1, 0.15) is 0 Å². The first-order valence-electron chi connectivity index (χ1n) is 12.0.